The van der Waals surface area contributed by atoms with Crippen LogP contribution in [0.15, 0.2) is 0 Å². The highest BCUT2D eigenvalue weighted by Gasteiger charge is 2.34. The van der Waals surface area contributed by atoms with E-state index in [1.165, 1.54) is 6.42 Å². The van der Waals surface area contributed by atoms with Crippen molar-refractivity contribution in [1.82, 2.24) is 4.90 Å². The summed E-state index contributed by atoms with van der Waals surface area (Å²) in [5, 5.41) is 0. The number of halogens is 1. The van der Waals surface area contributed by atoms with Crippen LogP contribution in [0.5, 0.6) is 0 Å². The van der Waals surface area contributed by atoms with Crippen molar-refractivity contribution >= 4 is 18.3 Å². The molecule has 5 heteroatoms. The summed E-state index contributed by atoms with van der Waals surface area (Å²) < 4.78 is 5.70. The van der Waals surface area contributed by atoms with Gasteiger partial charge in [-0.2, -0.15) is 0 Å². The molecule has 2 atom stereocenters. The van der Waals surface area contributed by atoms with Crippen LogP contribution in [0.4, 0.5) is 0 Å². The molecule has 112 valence electrons. The molecule has 0 aliphatic carbocycles. The van der Waals surface area contributed by atoms with Gasteiger partial charge in [0.2, 0.25) is 0 Å². The van der Waals surface area contributed by atoms with E-state index in [0.29, 0.717) is 12.0 Å². The number of carbonyl (C=O) groups excluding carboxylic acids is 1. The summed E-state index contributed by atoms with van der Waals surface area (Å²) in [4.78, 5) is 14.4. The zero-order valence-electron chi connectivity index (χ0n) is 12.1. The van der Waals surface area contributed by atoms with Gasteiger partial charge in [-0.1, -0.05) is 13.8 Å². The van der Waals surface area contributed by atoms with Crippen LogP contribution in [0.1, 0.15) is 46.0 Å². The molecule has 2 aliphatic heterocycles. The Morgan fingerprint density at radius 2 is 2.05 bits per heavy atom. The molecule has 2 rings (SSSR count). The highest BCUT2D eigenvalue weighted by molar-refractivity contribution is 5.85. The summed E-state index contributed by atoms with van der Waals surface area (Å²) in [6.45, 7) is 6.86. The second kappa shape index (κ2) is 6.91. The number of ether oxygens (including phenoxy) is 1. The zero-order valence-corrected chi connectivity index (χ0v) is 12.9. The lowest BCUT2D eigenvalue weighted by molar-refractivity contribution is -0.142. The molecule has 2 fully saturated rings. The van der Waals surface area contributed by atoms with E-state index in [0.717, 1.165) is 38.8 Å². The normalized spacial score (nSPS) is 30.6. The average Bonchev–Trinajstić information content (AvgIpc) is 2.74. The molecule has 0 radical (unpaired) electrons. The van der Waals surface area contributed by atoms with Crippen LogP contribution >= 0.6 is 12.4 Å². The Morgan fingerprint density at radius 3 is 2.68 bits per heavy atom. The maximum absolute atomic E-state index is 12.4. The molecule has 2 saturated heterocycles. The molecule has 0 aromatic rings. The first kappa shape index (κ1) is 16.7. The summed E-state index contributed by atoms with van der Waals surface area (Å²) >= 11 is 0. The van der Waals surface area contributed by atoms with Gasteiger partial charge in [0.15, 0.2) is 0 Å². The minimum Gasteiger partial charge on any atom is -0.364 e. The Balaban J connectivity index is 0.00000180. The van der Waals surface area contributed by atoms with Gasteiger partial charge in [-0.3, -0.25) is 4.79 Å². The largest absolute Gasteiger partial charge is 0.364 e. The first-order valence-electron chi connectivity index (χ1n) is 7.16. The minimum atomic E-state index is -0.236. The van der Waals surface area contributed by atoms with Crippen molar-refractivity contribution in [3.63, 3.8) is 0 Å². The number of hydrogen-bond acceptors (Lipinski definition) is 3. The molecule has 0 spiro atoms. The summed E-state index contributed by atoms with van der Waals surface area (Å²) in [5.41, 5.74) is 5.95. The van der Waals surface area contributed by atoms with Crippen molar-refractivity contribution in [3.05, 3.63) is 0 Å². The quantitative estimate of drug-likeness (QED) is 0.846. The third-order valence-electron chi connectivity index (χ3n) is 4.30. The number of carbonyl (C=O) groups is 1. The lowest BCUT2D eigenvalue weighted by atomic mass is 9.85. The lowest BCUT2D eigenvalue weighted by Gasteiger charge is -2.25. The van der Waals surface area contributed by atoms with Crippen LogP contribution in [-0.2, 0) is 9.53 Å². The van der Waals surface area contributed by atoms with Crippen LogP contribution in [0.25, 0.3) is 0 Å². The predicted molar refractivity (Wildman–Crippen MR) is 78.4 cm³/mol. The van der Waals surface area contributed by atoms with Gasteiger partial charge >= 0.3 is 0 Å². The molecule has 2 aliphatic rings. The number of nitrogens with zero attached hydrogens (tertiary/aromatic N) is 1. The molecular weight excluding hydrogens is 264 g/mol. The third kappa shape index (κ3) is 4.33. The molecule has 0 saturated carbocycles. The number of rotatable bonds is 2. The fraction of sp³-hybridized carbons (Fsp3) is 0.929. The third-order valence-corrected chi connectivity index (χ3v) is 4.30. The Bertz CT molecular complexity index is 310. The maximum Gasteiger partial charge on any atom is 0.251 e. The fourth-order valence-corrected chi connectivity index (χ4v) is 2.91. The van der Waals surface area contributed by atoms with Crippen LogP contribution in [0.2, 0.25) is 0 Å². The molecule has 0 unspecified atom stereocenters. The van der Waals surface area contributed by atoms with Crippen molar-refractivity contribution < 1.29 is 9.53 Å². The van der Waals surface area contributed by atoms with E-state index in [4.69, 9.17) is 10.5 Å². The topological polar surface area (TPSA) is 55.6 Å². The number of likely N-dealkylation sites (tertiary alicyclic amines) is 1. The highest BCUT2D eigenvalue weighted by Crippen LogP contribution is 2.30. The van der Waals surface area contributed by atoms with Crippen molar-refractivity contribution in [2.45, 2.75) is 58.2 Å². The predicted octanol–water partition coefficient (Wildman–Crippen LogP) is 1.95. The van der Waals surface area contributed by atoms with E-state index < -0.39 is 0 Å². The summed E-state index contributed by atoms with van der Waals surface area (Å²) in [6.07, 6.45) is 5.00. The molecule has 4 nitrogen and oxygen atoms in total. The molecule has 0 aromatic carbocycles. The number of amides is 1. The van der Waals surface area contributed by atoms with Crippen molar-refractivity contribution in [2.75, 3.05) is 19.6 Å². The van der Waals surface area contributed by atoms with Crippen LogP contribution < -0.4 is 5.73 Å². The van der Waals surface area contributed by atoms with Gasteiger partial charge in [0.05, 0.1) is 6.10 Å². The van der Waals surface area contributed by atoms with E-state index in [1.54, 1.807) is 0 Å². The molecule has 1 amide bonds. The smallest absolute Gasteiger partial charge is 0.251 e. The van der Waals surface area contributed by atoms with E-state index in [2.05, 4.69) is 13.8 Å². The van der Waals surface area contributed by atoms with Crippen LogP contribution in [0.3, 0.4) is 0 Å². The van der Waals surface area contributed by atoms with Crippen LogP contribution in [0, 0.1) is 5.41 Å². The van der Waals surface area contributed by atoms with Gasteiger partial charge in [0.25, 0.3) is 5.91 Å². The lowest BCUT2D eigenvalue weighted by Crippen LogP contribution is -2.40. The zero-order chi connectivity index (χ0) is 13.2. The Labute approximate surface area is 122 Å². The molecule has 0 aromatic heterocycles. The first-order valence-corrected chi connectivity index (χ1v) is 7.16. The second-order valence-corrected chi connectivity index (χ2v) is 6.40. The molecule has 2 heterocycles. The van der Waals surface area contributed by atoms with E-state index in [-0.39, 0.29) is 30.5 Å². The maximum atomic E-state index is 12.4. The summed E-state index contributed by atoms with van der Waals surface area (Å²) in [6, 6.07) is 0. The summed E-state index contributed by atoms with van der Waals surface area (Å²) in [5.74, 6) is 0.184. The van der Waals surface area contributed by atoms with E-state index in [1.807, 2.05) is 4.90 Å². The van der Waals surface area contributed by atoms with Gasteiger partial charge < -0.3 is 15.4 Å². The molecule has 19 heavy (non-hydrogen) atoms. The first-order chi connectivity index (χ1) is 8.52. The van der Waals surface area contributed by atoms with E-state index >= 15 is 0 Å². The Hall–Kier alpha value is -0.320. The average molecular weight is 291 g/mol. The minimum absolute atomic E-state index is 0. The monoisotopic (exact) mass is 290 g/mol. The summed E-state index contributed by atoms with van der Waals surface area (Å²) in [7, 11) is 0. The standard InChI is InChI=1S/C14H26N2O2.ClH/c1-14(2)6-3-8-16(9-7-14)13(17)12-5-4-11(10-15)18-12;/h11-12H,3-10,15H2,1-2H3;1H/t11-,12+;/m1./s1. The van der Waals surface area contributed by atoms with Crippen molar-refractivity contribution in [1.29, 1.82) is 0 Å². The molecule has 0 bridgehead atoms. The van der Waals surface area contributed by atoms with Gasteiger partial charge in [-0.25, -0.2) is 0 Å². The van der Waals surface area contributed by atoms with Gasteiger partial charge in [0, 0.05) is 19.6 Å². The molecule has 2 N–H and O–H groups in total. The van der Waals surface area contributed by atoms with Crippen molar-refractivity contribution in [2.24, 2.45) is 11.1 Å². The number of nitrogens with two attached hydrogens (primary N) is 1. The number of hydrogen-bond donors (Lipinski definition) is 1. The Morgan fingerprint density at radius 1 is 1.32 bits per heavy atom. The van der Waals surface area contributed by atoms with Gasteiger partial charge in [-0.05, 0) is 37.5 Å². The SMILES string of the molecule is CC1(C)CCCN(C(=O)[C@@H]2CC[C@H](CN)O2)CC1.Cl. The molecular formula is C14H27ClN2O2. The second-order valence-electron chi connectivity index (χ2n) is 6.40. The fourth-order valence-electron chi connectivity index (χ4n) is 2.91. The van der Waals surface area contributed by atoms with Crippen molar-refractivity contribution in [3.8, 4) is 0 Å². The Kier molecular flexibility index (Phi) is 6.09. The van der Waals surface area contributed by atoms with Crippen LogP contribution in [-0.4, -0.2) is 42.6 Å². The highest BCUT2D eigenvalue weighted by atomic mass is 35.5. The van der Waals surface area contributed by atoms with Gasteiger partial charge in [0.1, 0.15) is 6.10 Å². The van der Waals surface area contributed by atoms with E-state index in [9.17, 15) is 4.79 Å². The van der Waals surface area contributed by atoms with Gasteiger partial charge in [-0.15, -0.1) is 12.4 Å².